The van der Waals surface area contributed by atoms with Crippen LogP contribution < -0.4 is 0 Å². The van der Waals surface area contributed by atoms with E-state index in [4.69, 9.17) is 0 Å². The largest absolute Gasteiger partial charge is 0.478 e. The Morgan fingerprint density at radius 2 is 1.24 bits per heavy atom. The number of rotatable bonds is 4. The van der Waals surface area contributed by atoms with E-state index in [1.165, 1.54) is 10.8 Å². The fourth-order valence-corrected chi connectivity index (χ4v) is 10.9. The number of hydrogen-bond acceptors (Lipinski definition) is 1. The molecule has 4 aromatic rings. The normalized spacial score (nSPS) is 12.2. The maximum atomic E-state index is 12.2. The number of carbonyl (C=O) groups is 1. The first kappa shape index (κ1) is 23.1. The van der Waals surface area contributed by atoms with Gasteiger partial charge in [-0.3, -0.25) is 0 Å². The van der Waals surface area contributed by atoms with Crippen molar-refractivity contribution in [3.8, 4) is 11.5 Å². The molecular formula is C30H32O2Si. The van der Waals surface area contributed by atoms with E-state index in [1.54, 1.807) is 6.07 Å². The minimum absolute atomic E-state index is 0.286. The molecule has 0 atom stereocenters. The summed E-state index contributed by atoms with van der Waals surface area (Å²) in [6.45, 7) is 13.7. The van der Waals surface area contributed by atoms with Gasteiger partial charge in [0.25, 0.3) is 0 Å². The SMILES string of the molecule is CC(C)[Si](C#Cc1c(C(=O)O)ccc2cc3cc4ccccc4cc3cc12)(C(C)C)C(C)C. The number of benzene rings is 4. The number of fused-ring (bicyclic) bond motifs is 3. The van der Waals surface area contributed by atoms with Crippen LogP contribution >= 0.6 is 0 Å². The fourth-order valence-electron chi connectivity index (χ4n) is 5.68. The quantitative estimate of drug-likeness (QED) is 0.192. The van der Waals surface area contributed by atoms with Crippen LogP contribution in [0, 0.1) is 11.5 Å². The summed E-state index contributed by atoms with van der Waals surface area (Å²) >= 11 is 0. The summed E-state index contributed by atoms with van der Waals surface area (Å²) in [5, 5.41) is 16.6. The van der Waals surface area contributed by atoms with E-state index in [0.717, 1.165) is 21.5 Å². The topological polar surface area (TPSA) is 37.3 Å². The molecule has 0 unspecified atom stereocenters. The standard InChI is InChI=1S/C30H32O2Si/c1-19(2)33(20(3)4,21(5)6)14-13-27-28(30(31)32)12-11-24-17-25-15-22-9-7-8-10-23(22)16-26(25)18-29(24)27/h7-12,15-21H,1-6H3,(H,31,32). The Labute approximate surface area is 197 Å². The molecule has 168 valence electrons. The minimum Gasteiger partial charge on any atom is -0.478 e. The van der Waals surface area contributed by atoms with Gasteiger partial charge in [0.1, 0.15) is 8.07 Å². The fraction of sp³-hybridized carbons (Fsp3) is 0.300. The predicted molar refractivity (Wildman–Crippen MR) is 144 cm³/mol. The van der Waals surface area contributed by atoms with Gasteiger partial charge in [-0.2, -0.15) is 0 Å². The number of carboxylic acid groups (broad SMARTS) is 1. The van der Waals surface area contributed by atoms with Crippen LogP contribution in [0.4, 0.5) is 0 Å². The Bertz CT molecular complexity index is 1410. The van der Waals surface area contributed by atoms with Gasteiger partial charge in [-0.25, -0.2) is 4.79 Å². The van der Waals surface area contributed by atoms with Gasteiger partial charge in [0.2, 0.25) is 0 Å². The zero-order chi connectivity index (χ0) is 23.9. The van der Waals surface area contributed by atoms with Crippen molar-refractivity contribution >= 4 is 46.4 Å². The van der Waals surface area contributed by atoms with Gasteiger partial charge in [-0.05, 0) is 79.3 Å². The molecule has 33 heavy (non-hydrogen) atoms. The molecule has 4 aromatic carbocycles. The molecule has 0 saturated carbocycles. The van der Waals surface area contributed by atoms with E-state index in [1.807, 2.05) is 12.1 Å². The zero-order valence-electron chi connectivity index (χ0n) is 20.4. The molecule has 0 spiro atoms. The number of aromatic carboxylic acids is 1. The monoisotopic (exact) mass is 452 g/mol. The molecule has 4 rings (SSSR count). The van der Waals surface area contributed by atoms with E-state index in [-0.39, 0.29) is 5.56 Å². The molecule has 2 nitrogen and oxygen atoms in total. The smallest absolute Gasteiger partial charge is 0.336 e. The molecule has 0 aliphatic carbocycles. The summed E-state index contributed by atoms with van der Waals surface area (Å²) in [4.78, 5) is 12.2. The third-order valence-electron chi connectivity index (χ3n) is 7.34. The second-order valence-corrected chi connectivity index (χ2v) is 15.6. The average molecular weight is 453 g/mol. The van der Waals surface area contributed by atoms with Gasteiger partial charge >= 0.3 is 5.97 Å². The third kappa shape index (κ3) is 3.94. The molecule has 0 aliphatic rings. The van der Waals surface area contributed by atoms with Crippen LogP contribution in [0.2, 0.25) is 16.6 Å². The first-order chi connectivity index (χ1) is 15.6. The maximum absolute atomic E-state index is 12.2. The van der Waals surface area contributed by atoms with Gasteiger partial charge in [0.15, 0.2) is 0 Å². The molecule has 0 aliphatic heterocycles. The second kappa shape index (κ2) is 8.69. The van der Waals surface area contributed by atoms with Crippen LogP contribution in [-0.4, -0.2) is 19.1 Å². The molecule has 0 heterocycles. The van der Waals surface area contributed by atoms with Crippen LogP contribution in [0.15, 0.2) is 60.7 Å². The highest BCUT2D eigenvalue weighted by atomic mass is 28.3. The highest BCUT2D eigenvalue weighted by Crippen LogP contribution is 2.41. The summed E-state index contributed by atoms with van der Waals surface area (Å²) in [6, 6.07) is 20.6. The van der Waals surface area contributed by atoms with Crippen LogP contribution in [0.25, 0.3) is 32.3 Å². The first-order valence-electron chi connectivity index (χ1n) is 11.8. The van der Waals surface area contributed by atoms with Crippen molar-refractivity contribution in [3.05, 3.63) is 71.8 Å². The summed E-state index contributed by atoms with van der Waals surface area (Å²) in [5.41, 5.74) is 6.13. The van der Waals surface area contributed by atoms with E-state index in [2.05, 4.69) is 95.5 Å². The average Bonchev–Trinajstić information content (AvgIpc) is 2.75. The molecule has 0 saturated heterocycles. The lowest BCUT2D eigenvalue weighted by atomic mass is 9.95. The van der Waals surface area contributed by atoms with Gasteiger partial charge in [-0.1, -0.05) is 77.8 Å². The Hall–Kier alpha value is -3.09. The van der Waals surface area contributed by atoms with Crippen LogP contribution in [0.5, 0.6) is 0 Å². The molecule has 1 N–H and O–H groups in total. The first-order valence-corrected chi connectivity index (χ1v) is 14.0. The van der Waals surface area contributed by atoms with Crippen molar-refractivity contribution in [3.63, 3.8) is 0 Å². The van der Waals surface area contributed by atoms with Gasteiger partial charge in [-0.15, -0.1) is 5.54 Å². The second-order valence-electron chi connectivity index (χ2n) is 10.1. The molecule has 0 amide bonds. The molecule has 0 radical (unpaired) electrons. The molecule has 3 heteroatoms. The van der Waals surface area contributed by atoms with Gasteiger partial charge in [0, 0.05) is 5.56 Å². The zero-order valence-corrected chi connectivity index (χ0v) is 21.4. The lowest BCUT2D eigenvalue weighted by molar-refractivity contribution is 0.0697. The number of hydrogen-bond donors (Lipinski definition) is 1. The summed E-state index contributed by atoms with van der Waals surface area (Å²) in [6.07, 6.45) is 0. The Morgan fingerprint density at radius 1 is 0.727 bits per heavy atom. The highest BCUT2D eigenvalue weighted by Gasteiger charge is 2.41. The van der Waals surface area contributed by atoms with Crippen molar-refractivity contribution < 1.29 is 9.90 Å². The molecule has 0 fully saturated rings. The highest BCUT2D eigenvalue weighted by molar-refractivity contribution is 6.90. The van der Waals surface area contributed by atoms with Crippen molar-refractivity contribution in [2.24, 2.45) is 0 Å². The summed E-state index contributed by atoms with van der Waals surface area (Å²) < 4.78 is 0. The van der Waals surface area contributed by atoms with Crippen LogP contribution in [0.1, 0.15) is 57.5 Å². The molecule has 0 bridgehead atoms. The van der Waals surface area contributed by atoms with E-state index >= 15 is 0 Å². The summed E-state index contributed by atoms with van der Waals surface area (Å²) in [7, 11) is -2.00. The molecular weight excluding hydrogens is 420 g/mol. The lowest BCUT2D eigenvalue weighted by Gasteiger charge is -2.38. The Kier molecular flexibility index (Phi) is 6.08. The van der Waals surface area contributed by atoms with Crippen molar-refractivity contribution in [2.75, 3.05) is 0 Å². The van der Waals surface area contributed by atoms with Crippen LogP contribution in [0.3, 0.4) is 0 Å². The van der Waals surface area contributed by atoms with Gasteiger partial charge in [0.05, 0.1) is 5.56 Å². The van der Waals surface area contributed by atoms with E-state index in [0.29, 0.717) is 22.2 Å². The van der Waals surface area contributed by atoms with E-state index < -0.39 is 14.0 Å². The Morgan fingerprint density at radius 3 is 1.76 bits per heavy atom. The molecule has 0 aromatic heterocycles. The van der Waals surface area contributed by atoms with Gasteiger partial charge < -0.3 is 5.11 Å². The maximum Gasteiger partial charge on any atom is 0.336 e. The minimum atomic E-state index is -2.00. The Balaban J connectivity index is 2.04. The van der Waals surface area contributed by atoms with Crippen molar-refractivity contribution in [1.82, 2.24) is 0 Å². The van der Waals surface area contributed by atoms with E-state index in [9.17, 15) is 9.90 Å². The third-order valence-corrected chi connectivity index (χ3v) is 13.6. The van der Waals surface area contributed by atoms with Crippen molar-refractivity contribution in [2.45, 2.75) is 58.2 Å². The summed E-state index contributed by atoms with van der Waals surface area (Å²) in [5.74, 6) is 2.53. The predicted octanol–water partition coefficient (Wildman–Crippen LogP) is 8.41. The number of carboxylic acids is 1. The lowest BCUT2D eigenvalue weighted by Crippen LogP contribution is -2.43. The van der Waals surface area contributed by atoms with Crippen molar-refractivity contribution in [1.29, 1.82) is 0 Å². The van der Waals surface area contributed by atoms with Crippen LogP contribution in [-0.2, 0) is 0 Å².